The largest absolute Gasteiger partial charge is 0.416 e. The van der Waals surface area contributed by atoms with Gasteiger partial charge < -0.3 is 5.32 Å². The molecule has 1 aromatic carbocycles. The third-order valence-electron chi connectivity index (χ3n) is 3.12. The van der Waals surface area contributed by atoms with Crippen molar-refractivity contribution in [3.05, 3.63) is 57.8 Å². The van der Waals surface area contributed by atoms with E-state index in [1.165, 1.54) is 5.56 Å². The maximum atomic E-state index is 12.5. The molecule has 0 fully saturated rings. The van der Waals surface area contributed by atoms with Crippen LogP contribution in [0.2, 0.25) is 0 Å². The summed E-state index contributed by atoms with van der Waals surface area (Å²) in [6.45, 7) is 2.84. The van der Waals surface area contributed by atoms with Gasteiger partial charge in [-0.25, -0.2) is 0 Å². The molecule has 2 aromatic rings. The molecule has 0 radical (unpaired) electrons. The summed E-state index contributed by atoms with van der Waals surface area (Å²) in [5.74, 6) is 0. The summed E-state index contributed by atoms with van der Waals surface area (Å²) in [7, 11) is 0. The number of hydrogen-bond acceptors (Lipinski definition) is 2. The predicted molar refractivity (Wildman–Crippen MR) is 75.9 cm³/mol. The van der Waals surface area contributed by atoms with Gasteiger partial charge in [0.2, 0.25) is 0 Å². The van der Waals surface area contributed by atoms with Crippen molar-refractivity contribution in [2.45, 2.75) is 25.6 Å². The monoisotopic (exact) mass is 299 g/mol. The second kappa shape index (κ2) is 6.41. The van der Waals surface area contributed by atoms with E-state index in [1.807, 2.05) is 18.4 Å². The number of hydrogen-bond donors (Lipinski definition) is 1. The Balaban J connectivity index is 2.11. The first kappa shape index (κ1) is 15.1. The van der Waals surface area contributed by atoms with Crippen molar-refractivity contribution >= 4 is 11.3 Å². The molecular formula is C15H16F3NS. The Kier molecular flexibility index (Phi) is 4.83. The number of alkyl halides is 3. The molecule has 1 aromatic heterocycles. The molecule has 5 heteroatoms. The summed E-state index contributed by atoms with van der Waals surface area (Å²) in [6, 6.07) is 7.59. The second-order valence-electron chi connectivity index (χ2n) is 4.57. The fourth-order valence-corrected chi connectivity index (χ4v) is 2.81. The van der Waals surface area contributed by atoms with Gasteiger partial charge in [-0.2, -0.15) is 24.5 Å². The summed E-state index contributed by atoms with van der Waals surface area (Å²) in [6.07, 6.45) is -3.59. The summed E-state index contributed by atoms with van der Waals surface area (Å²) >= 11 is 1.62. The molecule has 2 rings (SSSR count). The molecule has 1 heterocycles. The van der Waals surface area contributed by atoms with Crippen LogP contribution in [-0.2, 0) is 12.6 Å². The molecule has 108 valence electrons. The van der Waals surface area contributed by atoms with Gasteiger partial charge in [0, 0.05) is 6.04 Å². The zero-order chi connectivity index (χ0) is 14.6. The van der Waals surface area contributed by atoms with Crippen LogP contribution in [0.25, 0.3) is 0 Å². The quantitative estimate of drug-likeness (QED) is 0.846. The predicted octanol–water partition coefficient (Wildman–Crippen LogP) is 4.66. The average Bonchev–Trinajstić information content (AvgIpc) is 2.91. The van der Waals surface area contributed by atoms with Crippen LogP contribution in [0.15, 0.2) is 41.1 Å². The Hall–Kier alpha value is -1.33. The molecule has 0 spiro atoms. The van der Waals surface area contributed by atoms with E-state index >= 15 is 0 Å². The minimum absolute atomic E-state index is 0.142. The summed E-state index contributed by atoms with van der Waals surface area (Å²) in [4.78, 5) is 0. The van der Waals surface area contributed by atoms with Gasteiger partial charge in [0.05, 0.1) is 5.56 Å². The fraction of sp³-hybridized carbons (Fsp3) is 0.333. The second-order valence-corrected chi connectivity index (χ2v) is 5.35. The van der Waals surface area contributed by atoms with Crippen molar-refractivity contribution in [2.24, 2.45) is 0 Å². The Morgan fingerprint density at radius 2 is 1.85 bits per heavy atom. The lowest BCUT2D eigenvalue weighted by molar-refractivity contribution is -0.137. The van der Waals surface area contributed by atoms with Crippen LogP contribution in [0.4, 0.5) is 13.2 Å². The van der Waals surface area contributed by atoms with Crippen LogP contribution in [0.1, 0.15) is 29.7 Å². The van der Waals surface area contributed by atoms with Gasteiger partial charge in [0.25, 0.3) is 0 Å². The topological polar surface area (TPSA) is 12.0 Å². The van der Waals surface area contributed by atoms with Crippen LogP contribution in [0.3, 0.4) is 0 Å². The molecule has 1 atom stereocenters. The van der Waals surface area contributed by atoms with Crippen LogP contribution in [0, 0.1) is 0 Å². The molecule has 0 amide bonds. The first-order valence-electron chi connectivity index (χ1n) is 6.42. The molecule has 0 bridgehead atoms. The third kappa shape index (κ3) is 3.84. The highest BCUT2D eigenvalue weighted by Gasteiger charge is 2.30. The van der Waals surface area contributed by atoms with Crippen LogP contribution < -0.4 is 5.32 Å². The first-order chi connectivity index (χ1) is 9.50. The van der Waals surface area contributed by atoms with E-state index in [-0.39, 0.29) is 6.04 Å². The highest BCUT2D eigenvalue weighted by Crippen LogP contribution is 2.30. The van der Waals surface area contributed by atoms with Crippen molar-refractivity contribution < 1.29 is 13.2 Å². The number of benzene rings is 1. The van der Waals surface area contributed by atoms with Crippen LogP contribution in [-0.4, -0.2) is 6.54 Å². The summed E-state index contributed by atoms with van der Waals surface area (Å²) in [5.41, 5.74) is 1.48. The van der Waals surface area contributed by atoms with E-state index < -0.39 is 11.7 Å². The Morgan fingerprint density at radius 1 is 1.15 bits per heavy atom. The lowest BCUT2D eigenvalue weighted by Crippen LogP contribution is -2.22. The van der Waals surface area contributed by atoms with Gasteiger partial charge in [-0.05, 0) is 53.1 Å². The Bertz CT molecular complexity index is 517. The van der Waals surface area contributed by atoms with Gasteiger partial charge in [0.1, 0.15) is 0 Å². The average molecular weight is 299 g/mol. The molecule has 0 saturated carbocycles. The van der Waals surface area contributed by atoms with E-state index in [0.29, 0.717) is 6.42 Å². The van der Waals surface area contributed by atoms with Crippen LogP contribution >= 0.6 is 11.3 Å². The summed E-state index contributed by atoms with van der Waals surface area (Å²) in [5, 5.41) is 7.44. The maximum Gasteiger partial charge on any atom is 0.416 e. The maximum absolute atomic E-state index is 12.5. The highest BCUT2D eigenvalue weighted by atomic mass is 32.1. The minimum atomic E-state index is -4.27. The lowest BCUT2D eigenvalue weighted by atomic mass is 10.00. The lowest BCUT2D eigenvalue weighted by Gasteiger charge is -2.17. The molecule has 0 aliphatic heterocycles. The molecule has 0 aliphatic carbocycles. The van der Waals surface area contributed by atoms with E-state index in [0.717, 1.165) is 24.2 Å². The van der Waals surface area contributed by atoms with Crippen molar-refractivity contribution in [3.63, 3.8) is 0 Å². The number of likely N-dealkylation sites (N-methyl/N-ethyl adjacent to an activating group) is 1. The van der Waals surface area contributed by atoms with E-state index in [2.05, 4.69) is 10.7 Å². The third-order valence-corrected chi connectivity index (χ3v) is 3.82. The van der Waals surface area contributed by atoms with Gasteiger partial charge in [-0.15, -0.1) is 0 Å². The molecule has 1 N–H and O–H groups in total. The fourth-order valence-electron chi connectivity index (χ4n) is 2.09. The Labute approximate surface area is 120 Å². The van der Waals surface area contributed by atoms with Gasteiger partial charge in [-0.1, -0.05) is 19.1 Å². The van der Waals surface area contributed by atoms with Crippen molar-refractivity contribution in [2.75, 3.05) is 6.54 Å². The molecule has 20 heavy (non-hydrogen) atoms. The number of thiophene rings is 1. The van der Waals surface area contributed by atoms with Gasteiger partial charge in [-0.3, -0.25) is 0 Å². The van der Waals surface area contributed by atoms with Crippen molar-refractivity contribution in [1.29, 1.82) is 0 Å². The minimum Gasteiger partial charge on any atom is -0.310 e. The molecular weight excluding hydrogens is 283 g/mol. The van der Waals surface area contributed by atoms with Crippen molar-refractivity contribution in [1.82, 2.24) is 5.32 Å². The number of halogens is 3. The van der Waals surface area contributed by atoms with Crippen molar-refractivity contribution in [3.8, 4) is 0 Å². The first-order valence-corrected chi connectivity index (χ1v) is 7.36. The number of nitrogens with one attached hydrogen (secondary N) is 1. The van der Waals surface area contributed by atoms with Crippen LogP contribution in [0.5, 0.6) is 0 Å². The smallest absolute Gasteiger partial charge is 0.310 e. The number of rotatable bonds is 5. The normalized spacial score (nSPS) is 13.4. The van der Waals surface area contributed by atoms with E-state index in [9.17, 15) is 13.2 Å². The van der Waals surface area contributed by atoms with E-state index in [4.69, 9.17) is 0 Å². The molecule has 1 unspecified atom stereocenters. The molecule has 0 saturated heterocycles. The van der Waals surface area contributed by atoms with E-state index in [1.54, 1.807) is 23.5 Å². The zero-order valence-electron chi connectivity index (χ0n) is 11.1. The SMILES string of the molecule is CCNC(Cc1ccc(C(F)(F)F)cc1)c1ccsc1. The Morgan fingerprint density at radius 3 is 2.35 bits per heavy atom. The zero-order valence-corrected chi connectivity index (χ0v) is 11.9. The highest BCUT2D eigenvalue weighted by molar-refractivity contribution is 7.07. The molecule has 1 nitrogen and oxygen atoms in total. The standard InChI is InChI=1S/C15H16F3NS/c1-2-19-14(12-7-8-20-10-12)9-11-3-5-13(6-4-11)15(16,17)18/h3-8,10,14,19H,2,9H2,1H3. The molecule has 0 aliphatic rings. The van der Waals surface area contributed by atoms with Gasteiger partial charge in [0.15, 0.2) is 0 Å². The van der Waals surface area contributed by atoms with Gasteiger partial charge >= 0.3 is 6.18 Å². The summed E-state index contributed by atoms with van der Waals surface area (Å²) < 4.78 is 37.5.